The Morgan fingerprint density at radius 3 is 2.25 bits per heavy atom. The van der Waals surface area contributed by atoms with E-state index in [1.165, 1.54) is 0 Å². The van der Waals surface area contributed by atoms with Crippen molar-refractivity contribution in [2.75, 3.05) is 0 Å². The maximum absolute atomic E-state index is 12.1. The Hall–Kier alpha value is -1.03. The van der Waals surface area contributed by atoms with Crippen LogP contribution in [-0.2, 0) is 6.42 Å². The standard InChI is InChI=1S/C12H16F3N/c13-12(14,15)11(16)9-5-4-8-10-6-2-1-3-7-10/h1-3,6-7,11H,4-5,8-9,16H2/t11-/m0/s1. The molecule has 1 rings (SSSR count). The minimum absolute atomic E-state index is 0.0103. The number of alkyl halides is 3. The van der Waals surface area contributed by atoms with E-state index in [-0.39, 0.29) is 6.42 Å². The molecule has 0 saturated carbocycles. The molecular formula is C12H16F3N. The largest absolute Gasteiger partial charge is 0.403 e. The van der Waals surface area contributed by atoms with Gasteiger partial charge in [-0.25, -0.2) is 0 Å². The summed E-state index contributed by atoms with van der Waals surface area (Å²) in [5.74, 6) is 0. The molecule has 0 aliphatic carbocycles. The molecule has 16 heavy (non-hydrogen) atoms. The number of hydrogen-bond acceptors (Lipinski definition) is 1. The molecule has 1 nitrogen and oxygen atoms in total. The lowest BCUT2D eigenvalue weighted by molar-refractivity contribution is -0.149. The van der Waals surface area contributed by atoms with Crippen LogP contribution in [0.4, 0.5) is 13.2 Å². The summed E-state index contributed by atoms with van der Waals surface area (Å²) in [5, 5.41) is 0. The number of aryl methyl sites for hydroxylation is 1. The van der Waals surface area contributed by atoms with E-state index in [2.05, 4.69) is 0 Å². The number of benzene rings is 1. The van der Waals surface area contributed by atoms with Crippen molar-refractivity contribution >= 4 is 0 Å². The average Bonchev–Trinajstić information content (AvgIpc) is 2.24. The summed E-state index contributed by atoms with van der Waals surface area (Å²) in [6.07, 6.45) is -2.18. The smallest absolute Gasteiger partial charge is 0.320 e. The van der Waals surface area contributed by atoms with Gasteiger partial charge in [0.25, 0.3) is 0 Å². The van der Waals surface area contributed by atoms with Crippen LogP contribution in [0.5, 0.6) is 0 Å². The van der Waals surface area contributed by atoms with Crippen LogP contribution in [0.3, 0.4) is 0 Å². The monoisotopic (exact) mass is 231 g/mol. The molecular weight excluding hydrogens is 215 g/mol. The second kappa shape index (κ2) is 5.89. The van der Waals surface area contributed by atoms with E-state index >= 15 is 0 Å². The third-order valence-electron chi connectivity index (χ3n) is 2.49. The van der Waals surface area contributed by atoms with Gasteiger partial charge in [0, 0.05) is 0 Å². The molecule has 2 N–H and O–H groups in total. The van der Waals surface area contributed by atoms with Gasteiger partial charge in [-0.05, 0) is 24.8 Å². The van der Waals surface area contributed by atoms with Crippen LogP contribution in [-0.4, -0.2) is 12.2 Å². The third-order valence-corrected chi connectivity index (χ3v) is 2.49. The zero-order chi connectivity index (χ0) is 12.0. The number of halogens is 3. The summed E-state index contributed by atoms with van der Waals surface area (Å²) < 4.78 is 36.2. The quantitative estimate of drug-likeness (QED) is 0.773. The molecule has 1 atom stereocenters. The predicted molar refractivity (Wildman–Crippen MR) is 58.0 cm³/mol. The van der Waals surface area contributed by atoms with Crippen molar-refractivity contribution in [1.29, 1.82) is 0 Å². The molecule has 0 fully saturated rings. The summed E-state index contributed by atoms with van der Waals surface area (Å²) in [7, 11) is 0. The first-order valence-electron chi connectivity index (χ1n) is 5.36. The fraction of sp³-hybridized carbons (Fsp3) is 0.500. The van der Waals surface area contributed by atoms with Gasteiger partial charge in [0.05, 0.1) is 0 Å². The summed E-state index contributed by atoms with van der Waals surface area (Å²) in [6, 6.07) is 8.05. The lowest BCUT2D eigenvalue weighted by atomic mass is 10.0. The van der Waals surface area contributed by atoms with Crippen molar-refractivity contribution in [2.24, 2.45) is 5.73 Å². The van der Waals surface area contributed by atoms with Gasteiger partial charge in [-0.2, -0.15) is 13.2 Å². The molecule has 0 unspecified atom stereocenters. The van der Waals surface area contributed by atoms with Crippen molar-refractivity contribution in [3.63, 3.8) is 0 Å². The summed E-state index contributed by atoms with van der Waals surface area (Å²) in [4.78, 5) is 0. The fourth-order valence-corrected chi connectivity index (χ4v) is 1.50. The van der Waals surface area contributed by atoms with Crippen LogP contribution in [0.15, 0.2) is 30.3 Å². The van der Waals surface area contributed by atoms with Crippen LogP contribution in [0.1, 0.15) is 24.8 Å². The first-order chi connectivity index (χ1) is 7.50. The van der Waals surface area contributed by atoms with Crippen LogP contribution in [0, 0.1) is 0 Å². The Bertz CT molecular complexity index is 295. The van der Waals surface area contributed by atoms with Crippen LogP contribution in [0.2, 0.25) is 0 Å². The molecule has 1 aromatic carbocycles. The number of rotatable bonds is 5. The van der Waals surface area contributed by atoms with E-state index in [1.807, 2.05) is 30.3 Å². The molecule has 0 radical (unpaired) electrons. The van der Waals surface area contributed by atoms with Crippen molar-refractivity contribution in [3.05, 3.63) is 35.9 Å². The molecule has 0 heterocycles. The summed E-state index contributed by atoms with van der Waals surface area (Å²) >= 11 is 0. The van der Waals surface area contributed by atoms with E-state index < -0.39 is 12.2 Å². The first kappa shape index (κ1) is 13.0. The van der Waals surface area contributed by atoms with Crippen molar-refractivity contribution < 1.29 is 13.2 Å². The molecule has 90 valence electrons. The molecule has 1 aromatic rings. The summed E-state index contributed by atoms with van der Waals surface area (Å²) in [5.41, 5.74) is 6.16. The van der Waals surface area contributed by atoms with E-state index in [9.17, 15) is 13.2 Å². The Balaban J connectivity index is 2.18. The van der Waals surface area contributed by atoms with Crippen molar-refractivity contribution in [1.82, 2.24) is 0 Å². The highest BCUT2D eigenvalue weighted by molar-refractivity contribution is 5.14. The van der Waals surface area contributed by atoms with E-state index in [4.69, 9.17) is 5.73 Å². The van der Waals surface area contributed by atoms with Crippen molar-refractivity contribution in [3.8, 4) is 0 Å². The van der Waals surface area contributed by atoms with E-state index in [0.29, 0.717) is 6.42 Å². The lowest BCUT2D eigenvalue weighted by Gasteiger charge is -2.14. The highest BCUT2D eigenvalue weighted by Gasteiger charge is 2.35. The molecule has 0 aliphatic rings. The SMILES string of the molecule is N[C@@H](CCCCc1ccccc1)C(F)(F)F. The van der Waals surface area contributed by atoms with Gasteiger partial charge in [-0.1, -0.05) is 36.8 Å². The molecule has 4 heteroatoms. The van der Waals surface area contributed by atoms with Gasteiger partial charge in [0.15, 0.2) is 0 Å². The molecule has 0 spiro atoms. The maximum atomic E-state index is 12.1. The van der Waals surface area contributed by atoms with Gasteiger partial charge < -0.3 is 5.73 Å². The van der Waals surface area contributed by atoms with E-state index in [0.717, 1.165) is 18.4 Å². The van der Waals surface area contributed by atoms with Gasteiger partial charge in [-0.15, -0.1) is 0 Å². The topological polar surface area (TPSA) is 26.0 Å². The van der Waals surface area contributed by atoms with Gasteiger partial charge in [0.2, 0.25) is 0 Å². The highest BCUT2D eigenvalue weighted by atomic mass is 19.4. The zero-order valence-corrected chi connectivity index (χ0v) is 9.00. The molecule has 0 amide bonds. The molecule has 0 saturated heterocycles. The van der Waals surface area contributed by atoms with Crippen LogP contribution < -0.4 is 5.73 Å². The average molecular weight is 231 g/mol. The Morgan fingerprint density at radius 2 is 1.69 bits per heavy atom. The molecule has 0 bridgehead atoms. The molecule has 0 aliphatic heterocycles. The zero-order valence-electron chi connectivity index (χ0n) is 9.00. The number of hydrogen-bond donors (Lipinski definition) is 1. The van der Waals surface area contributed by atoms with E-state index in [1.54, 1.807) is 0 Å². The minimum Gasteiger partial charge on any atom is -0.320 e. The number of unbranched alkanes of at least 4 members (excludes halogenated alkanes) is 1. The van der Waals surface area contributed by atoms with Gasteiger partial charge in [0.1, 0.15) is 6.04 Å². The lowest BCUT2D eigenvalue weighted by Crippen LogP contribution is -2.37. The maximum Gasteiger partial charge on any atom is 0.403 e. The van der Waals surface area contributed by atoms with Crippen molar-refractivity contribution in [2.45, 2.75) is 37.9 Å². The Morgan fingerprint density at radius 1 is 1.06 bits per heavy atom. The van der Waals surface area contributed by atoms with Crippen LogP contribution in [0.25, 0.3) is 0 Å². The fourth-order valence-electron chi connectivity index (χ4n) is 1.50. The highest BCUT2D eigenvalue weighted by Crippen LogP contribution is 2.22. The van der Waals surface area contributed by atoms with Crippen LogP contribution >= 0.6 is 0 Å². The second-order valence-electron chi connectivity index (χ2n) is 3.88. The van der Waals surface area contributed by atoms with Gasteiger partial charge >= 0.3 is 6.18 Å². The Kier molecular flexibility index (Phi) is 4.80. The molecule has 0 aromatic heterocycles. The third kappa shape index (κ3) is 4.66. The normalized spacial score (nSPS) is 13.8. The summed E-state index contributed by atoms with van der Waals surface area (Å²) in [6.45, 7) is 0. The predicted octanol–water partition coefficient (Wildman–Crippen LogP) is 3.29. The Labute approximate surface area is 93.5 Å². The second-order valence-corrected chi connectivity index (χ2v) is 3.88. The number of nitrogens with two attached hydrogens (primary N) is 1. The minimum atomic E-state index is -4.26. The van der Waals surface area contributed by atoms with Gasteiger partial charge in [-0.3, -0.25) is 0 Å². The first-order valence-corrected chi connectivity index (χ1v) is 5.36.